The lowest BCUT2D eigenvalue weighted by atomic mass is 9.95. The van der Waals surface area contributed by atoms with Gasteiger partial charge < -0.3 is 14.9 Å². The van der Waals surface area contributed by atoms with Gasteiger partial charge >= 0.3 is 0 Å². The van der Waals surface area contributed by atoms with Crippen LogP contribution in [0.1, 0.15) is 48.7 Å². The maximum absolute atomic E-state index is 9.66. The lowest BCUT2D eigenvalue weighted by molar-refractivity contribution is 0.282. The zero-order valence-electron chi connectivity index (χ0n) is 23.9. The van der Waals surface area contributed by atoms with Crippen molar-refractivity contribution in [2.24, 2.45) is 0 Å². The van der Waals surface area contributed by atoms with Crippen molar-refractivity contribution < 1.29 is 5.11 Å². The van der Waals surface area contributed by atoms with Crippen LogP contribution in [0.2, 0.25) is 0 Å². The first kappa shape index (κ1) is 29.9. The normalized spacial score (nSPS) is 19.6. The third-order valence-corrected chi connectivity index (χ3v) is 12.5. The van der Waals surface area contributed by atoms with Gasteiger partial charge in [0.2, 0.25) is 0 Å². The maximum atomic E-state index is 9.66. The Labute approximate surface area is 256 Å². The van der Waals surface area contributed by atoms with E-state index in [4.69, 9.17) is 0 Å². The van der Waals surface area contributed by atoms with Crippen molar-refractivity contribution in [3.8, 4) is 0 Å². The van der Waals surface area contributed by atoms with Gasteiger partial charge in [0.05, 0.1) is 6.61 Å². The molecule has 4 heterocycles. The van der Waals surface area contributed by atoms with Gasteiger partial charge in [0.15, 0.2) is 0 Å². The predicted molar refractivity (Wildman–Crippen MR) is 177 cm³/mol. The molecule has 2 unspecified atom stereocenters. The minimum Gasteiger partial charge on any atom is -0.391 e. The van der Waals surface area contributed by atoms with Crippen molar-refractivity contribution in [2.75, 3.05) is 52.8 Å². The van der Waals surface area contributed by atoms with E-state index >= 15 is 0 Å². The van der Waals surface area contributed by atoms with Gasteiger partial charge in [0.1, 0.15) is 0 Å². The number of hydrogen-bond acceptors (Lipinski definition) is 7. The van der Waals surface area contributed by atoms with E-state index in [1.807, 2.05) is 34.4 Å². The number of thiophene rings is 2. The Morgan fingerprint density at radius 2 is 1.32 bits per heavy atom. The van der Waals surface area contributed by atoms with Crippen LogP contribution in [0.5, 0.6) is 0 Å². The molecule has 0 saturated carbocycles. The highest BCUT2D eigenvalue weighted by atomic mass is 32.2. The Bertz CT molecular complexity index is 1370. The summed E-state index contributed by atoms with van der Waals surface area (Å²) < 4.78 is 0. The molecule has 0 amide bonds. The molecule has 212 valence electrons. The number of thioether (sulfide) groups is 2. The summed E-state index contributed by atoms with van der Waals surface area (Å²) in [6, 6.07) is 21.7. The number of benzene rings is 2. The summed E-state index contributed by atoms with van der Waals surface area (Å²) in [5.74, 6) is 0.958. The van der Waals surface area contributed by atoms with E-state index in [0.717, 1.165) is 30.9 Å². The van der Waals surface area contributed by atoms with Crippen LogP contribution in [0, 0.1) is 0 Å². The van der Waals surface area contributed by atoms with E-state index in [1.165, 1.54) is 44.3 Å². The number of rotatable bonds is 5. The fourth-order valence-corrected chi connectivity index (χ4v) is 10.5. The molecule has 1 N–H and O–H groups in total. The molecule has 7 heteroatoms. The number of aliphatic hydroxyl groups excluding tert-OH is 1. The minimum absolute atomic E-state index is 0.158. The van der Waals surface area contributed by atoms with Gasteiger partial charge in [0, 0.05) is 67.8 Å². The van der Waals surface area contributed by atoms with E-state index in [1.54, 1.807) is 22.2 Å². The average molecular weight is 609 g/mol. The van der Waals surface area contributed by atoms with Gasteiger partial charge in [0.25, 0.3) is 0 Å². The first-order valence-electron chi connectivity index (χ1n) is 13.9. The maximum Gasteiger partial charge on any atom is 0.0785 e. The van der Waals surface area contributed by atoms with Gasteiger partial charge in [-0.15, -0.1) is 46.2 Å². The summed E-state index contributed by atoms with van der Waals surface area (Å²) in [5, 5.41) is 12.0. The van der Waals surface area contributed by atoms with E-state index in [9.17, 15) is 5.11 Å². The van der Waals surface area contributed by atoms with Crippen LogP contribution in [0.3, 0.4) is 0 Å². The molecule has 0 spiro atoms. The van der Waals surface area contributed by atoms with Crippen molar-refractivity contribution in [1.82, 2.24) is 9.80 Å². The molecule has 0 aliphatic carbocycles. The predicted octanol–water partition coefficient (Wildman–Crippen LogP) is 7.67. The molecule has 6 rings (SSSR count). The van der Waals surface area contributed by atoms with Gasteiger partial charge in [-0.1, -0.05) is 60.7 Å². The summed E-state index contributed by atoms with van der Waals surface area (Å²) in [4.78, 5) is 11.9. The van der Waals surface area contributed by atoms with Crippen molar-refractivity contribution in [1.29, 1.82) is 0 Å². The highest BCUT2D eigenvalue weighted by Gasteiger charge is 2.29. The fourth-order valence-electron chi connectivity index (χ4n) is 5.93. The molecule has 4 aromatic rings. The zero-order chi connectivity index (χ0) is 28.1. The summed E-state index contributed by atoms with van der Waals surface area (Å²) in [5.41, 5.74) is 5.89. The molecule has 0 saturated heterocycles. The van der Waals surface area contributed by atoms with Crippen molar-refractivity contribution >= 4 is 46.2 Å². The topological polar surface area (TPSA) is 26.7 Å². The number of fused-ring (bicyclic) bond motifs is 2. The minimum atomic E-state index is 0.158. The number of aliphatic hydroxyl groups is 1. The molecule has 2 aliphatic heterocycles. The molecule has 2 atom stereocenters. The quantitative estimate of drug-likeness (QED) is 0.235. The molecule has 0 radical (unpaired) electrons. The Hall–Kier alpha value is -1.58. The molecule has 0 bridgehead atoms. The summed E-state index contributed by atoms with van der Waals surface area (Å²) in [6.45, 7) is 4.60. The second kappa shape index (κ2) is 14.1. The Balaban J connectivity index is 0.000000162. The Kier molecular flexibility index (Phi) is 10.5. The molecule has 2 aromatic carbocycles. The number of hydrogen-bond donors (Lipinski definition) is 1. The van der Waals surface area contributed by atoms with E-state index in [-0.39, 0.29) is 6.61 Å². The highest BCUT2D eigenvalue weighted by molar-refractivity contribution is 7.99. The monoisotopic (exact) mass is 608 g/mol. The summed E-state index contributed by atoms with van der Waals surface area (Å²) in [6.07, 6.45) is 6.58. The number of nitrogens with zero attached hydrogens (tertiary/aromatic N) is 2. The Morgan fingerprint density at radius 1 is 0.775 bits per heavy atom. The summed E-state index contributed by atoms with van der Waals surface area (Å²) in [7, 11) is 4.45. The van der Waals surface area contributed by atoms with Gasteiger partial charge in [-0.05, 0) is 61.7 Å². The third kappa shape index (κ3) is 6.57. The second-order valence-electron chi connectivity index (χ2n) is 10.7. The van der Waals surface area contributed by atoms with Gasteiger partial charge in [-0.2, -0.15) is 0 Å². The van der Waals surface area contributed by atoms with E-state index in [2.05, 4.69) is 102 Å². The molecule has 0 fully saturated rings. The third-order valence-electron chi connectivity index (χ3n) is 8.03. The smallest absolute Gasteiger partial charge is 0.0785 e. The van der Waals surface area contributed by atoms with Crippen LogP contribution in [0.15, 0.2) is 75.8 Å². The van der Waals surface area contributed by atoms with Crippen LogP contribution in [-0.2, 0) is 19.4 Å². The molecule has 2 aliphatic rings. The first-order valence-corrected chi connectivity index (χ1v) is 18.1. The van der Waals surface area contributed by atoms with Crippen LogP contribution in [-0.4, -0.2) is 67.7 Å². The first-order chi connectivity index (χ1) is 19.5. The highest BCUT2D eigenvalue weighted by Crippen LogP contribution is 2.43. The van der Waals surface area contributed by atoms with E-state index in [0.29, 0.717) is 11.8 Å². The largest absolute Gasteiger partial charge is 0.391 e. The second-order valence-corrected chi connectivity index (χ2v) is 14.4. The zero-order valence-corrected chi connectivity index (χ0v) is 27.2. The van der Waals surface area contributed by atoms with Crippen molar-refractivity contribution in [3.05, 3.63) is 103 Å². The Morgan fingerprint density at radius 3 is 1.85 bits per heavy atom. The van der Waals surface area contributed by atoms with Crippen LogP contribution >= 0.6 is 46.2 Å². The molecule has 2 aromatic heterocycles. The molecule has 3 nitrogen and oxygen atoms in total. The lowest BCUT2D eigenvalue weighted by Gasteiger charge is -2.20. The van der Waals surface area contributed by atoms with Crippen molar-refractivity contribution in [3.63, 3.8) is 0 Å². The standard InChI is InChI=1S/C17H21NOS2.C16H19NS2/c1-18-9-8-13-16(21-15(11-19)17(13)20-2)14(10-18)12-6-4-3-5-7-12;1-17-9-8-13-15(18-2)11-19-16(13)14(10-17)12-6-4-3-5-7-12/h3-7,14,19H,8-11H2,1-2H3;3-7,11,14H,8-10H2,1-2H3. The summed E-state index contributed by atoms with van der Waals surface area (Å²) >= 11 is 7.43. The van der Waals surface area contributed by atoms with Crippen LogP contribution in [0.25, 0.3) is 0 Å². The fraction of sp³-hybridized carbons (Fsp3) is 0.394. The van der Waals surface area contributed by atoms with Gasteiger partial charge in [-0.25, -0.2) is 0 Å². The molecular formula is C33H40N2OS4. The number of likely N-dealkylation sites (N-methyl/N-ethyl adjacent to an activating group) is 2. The van der Waals surface area contributed by atoms with Crippen LogP contribution in [0.4, 0.5) is 0 Å². The molecule has 40 heavy (non-hydrogen) atoms. The van der Waals surface area contributed by atoms with Gasteiger partial charge in [-0.3, -0.25) is 0 Å². The average Bonchev–Trinajstić information content (AvgIpc) is 3.47. The van der Waals surface area contributed by atoms with Crippen molar-refractivity contribution in [2.45, 2.75) is 41.1 Å². The van der Waals surface area contributed by atoms with Crippen LogP contribution < -0.4 is 0 Å². The van der Waals surface area contributed by atoms with E-state index < -0.39 is 0 Å². The molecular weight excluding hydrogens is 569 g/mol. The lowest BCUT2D eigenvalue weighted by Crippen LogP contribution is -2.24. The SMILES string of the molecule is CSc1c(CO)sc2c1CCN(C)CC2c1ccccc1.CSc1csc2c1CCN(C)CC2c1ccccc1.